The van der Waals surface area contributed by atoms with Crippen molar-refractivity contribution in [3.05, 3.63) is 28.8 Å². The number of carbonyl (C=O) groups is 2. The minimum atomic E-state index is -0.446. The fourth-order valence-electron chi connectivity index (χ4n) is 1.98. The highest BCUT2D eigenvalue weighted by molar-refractivity contribution is 6.32. The maximum atomic E-state index is 11.7. The Balaban J connectivity index is 1.98. The van der Waals surface area contributed by atoms with Gasteiger partial charge in [0, 0.05) is 13.6 Å². The van der Waals surface area contributed by atoms with Crippen LogP contribution in [0.1, 0.15) is 12.0 Å². The minimum Gasteiger partial charge on any atom is -0.495 e. The molecule has 1 unspecified atom stereocenters. The van der Waals surface area contributed by atoms with E-state index in [-0.39, 0.29) is 18.2 Å². The van der Waals surface area contributed by atoms with Crippen molar-refractivity contribution in [2.45, 2.75) is 19.0 Å². The first-order valence-corrected chi connectivity index (χ1v) is 6.27. The molecule has 0 aliphatic carbocycles. The first-order chi connectivity index (χ1) is 9.02. The second-order valence-corrected chi connectivity index (χ2v) is 4.80. The Labute approximate surface area is 116 Å². The number of rotatable bonds is 4. The van der Waals surface area contributed by atoms with Gasteiger partial charge in [-0.2, -0.15) is 0 Å². The lowest BCUT2D eigenvalue weighted by Gasteiger charge is -2.11. The number of ether oxygens (including phenoxy) is 1. The maximum absolute atomic E-state index is 11.7. The molecule has 0 spiro atoms. The molecule has 0 saturated carbocycles. The number of hydrogen-bond acceptors (Lipinski definition) is 4. The predicted molar refractivity (Wildman–Crippen MR) is 71.0 cm³/mol. The third kappa shape index (κ3) is 2.88. The standard InChI is InChI=1S/C13H15ClN2O3/c1-16-12(17)6-10(13(16)18)15-7-8-3-4-11(19-2)9(14)5-8/h3-5,10,15H,6-7H2,1-2H3. The van der Waals surface area contributed by atoms with Gasteiger partial charge in [0.1, 0.15) is 5.75 Å². The fourth-order valence-corrected chi connectivity index (χ4v) is 2.26. The lowest BCUT2D eigenvalue weighted by Crippen LogP contribution is -2.36. The number of halogens is 1. The SMILES string of the molecule is COc1ccc(CNC2CC(=O)N(C)C2=O)cc1Cl. The number of nitrogens with zero attached hydrogens (tertiary/aromatic N) is 1. The third-order valence-electron chi connectivity index (χ3n) is 3.15. The van der Waals surface area contributed by atoms with E-state index in [0.29, 0.717) is 17.3 Å². The Hall–Kier alpha value is -1.59. The summed E-state index contributed by atoms with van der Waals surface area (Å²) in [6, 6.07) is 4.96. The molecule has 6 heteroatoms. The van der Waals surface area contributed by atoms with Gasteiger partial charge in [0.25, 0.3) is 0 Å². The van der Waals surface area contributed by atoms with Crippen LogP contribution in [0.25, 0.3) is 0 Å². The largest absolute Gasteiger partial charge is 0.495 e. The molecule has 1 N–H and O–H groups in total. The summed E-state index contributed by atoms with van der Waals surface area (Å²) in [6.07, 6.45) is 0.208. The number of hydrogen-bond donors (Lipinski definition) is 1. The summed E-state index contributed by atoms with van der Waals surface area (Å²) in [7, 11) is 3.05. The van der Waals surface area contributed by atoms with Crippen LogP contribution in [-0.2, 0) is 16.1 Å². The van der Waals surface area contributed by atoms with Gasteiger partial charge in [-0.15, -0.1) is 0 Å². The van der Waals surface area contributed by atoms with Crippen LogP contribution in [0.3, 0.4) is 0 Å². The molecule has 5 nitrogen and oxygen atoms in total. The lowest BCUT2D eigenvalue weighted by atomic mass is 10.2. The average molecular weight is 283 g/mol. The molecule has 1 aromatic rings. The number of nitrogens with one attached hydrogen (secondary N) is 1. The smallest absolute Gasteiger partial charge is 0.246 e. The van der Waals surface area contributed by atoms with Crippen molar-refractivity contribution < 1.29 is 14.3 Å². The summed E-state index contributed by atoms with van der Waals surface area (Å²) in [6.45, 7) is 0.473. The molecule has 0 bridgehead atoms. The highest BCUT2D eigenvalue weighted by Gasteiger charge is 2.35. The van der Waals surface area contributed by atoms with Crippen molar-refractivity contribution in [3.8, 4) is 5.75 Å². The number of methoxy groups -OCH3 is 1. The molecule has 1 aromatic carbocycles. The van der Waals surface area contributed by atoms with Crippen molar-refractivity contribution in [1.29, 1.82) is 0 Å². The Morgan fingerprint density at radius 2 is 2.21 bits per heavy atom. The van der Waals surface area contributed by atoms with E-state index in [1.807, 2.05) is 6.07 Å². The van der Waals surface area contributed by atoms with Crippen molar-refractivity contribution in [2.24, 2.45) is 0 Å². The first kappa shape index (κ1) is 13.8. The highest BCUT2D eigenvalue weighted by Crippen LogP contribution is 2.25. The number of likely N-dealkylation sites (N-methyl/N-ethyl adjacent to an activating group) is 1. The summed E-state index contributed by atoms with van der Waals surface area (Å²) in [4.78, 5) is 24.2. The van der Waals surface area contributed by atoms with Crippen LogP contribution >= 0.6 is 11.6 Å². The van der Waals surface area contributed by atoms with Crippen molar-refractivity contribution in [1.82, 2.24) is 10.2 Å². The Bertz CT molecular complexity index is 519. The van der Waals surface area contributed by atoms with Gasteiger partial charge in [-0.25, -0.2) is 0 Å². The summed E-state index contributed by atoms with van der Waals surface area (Å²) >= 11 is 6.02. The second-order valence-electron chi connectivity index (χ2n) is 4.40. The van der Waals surface area contributed by atoms with Crippen LogP contribution in [0.4, 0.5) is 0 Å². The maximum Gasteiger partial charge on any atom is 0.246 e. The van der Waals surface area contributed by atoms with Crippen LogP contribution in [-0.4, -0.2) is 36.9 Å². The number of amides is 2. The third-order valence-corrected chi connectivity index (χ3v) is 3.45. The van der Waals surface area contributed by atoms with E-state index in [2.05, 4.69) is 5.32 Å². The molecule has 1 aliphatic heterocycles. The molecule has 2 rings (SSSR count). The van der Waals surface area contributed by atoms with Crippen LogP contribution in [0.15, 0.2) is 18.2 Å². The molecule has 102 valence electrons. The molecule has 19 heavy (non-hydrogen) atoms. The molecule has 1 heterocycles. The molecule has 0 aromatic heterocycles. The Morgan fingerprint density at radius 1 is 1.47 bits per heavy atom. The van der Waals surface area contributed by atoms with E-state index < -0.39 is 6.04 Å². The first-order valence-electron chi connectivity index (χ1n) is 5.89. The molecule has 1 atom stereocenters. The van der Waals surface area contributed by atoms with Gasteiger partial charge < -0.3 is 10.1 Å². The minimum absolute atomic E-state index is 0.157. The highest BCUT2D eigenvalue weighted by atomic mass is 35.5. The van der Waals surface area contributed by atoms with Crippen LogP contribution in [0.5, 0.6) is 5.75 Å². The number of carbonyl (C=O) groups excluding carboxylic acids is 2. The van der Waals surface area contributed by atoms with Gasteiger partial charge in [0.2, 0.25) is 11.8 Å². The summed E-state index contributed by atoms with van der Waals surface area (Å²) in [5, 5.41) is 3.58. The van der Waals surface area contributed by atoms with Crippen molar-refractivity contribution in [2.75, 3.05) is 14.2 Å². The zero-order valence-corrected chi connectivity index (χ0v) is 11.5. The Kier molecular flexibility index (Phi) is 4.07. The van der Waals surface area contributed by atoms with E-state index >= 15 is 0 Å². The normalized spacial score (nSPS) is 19.1. The monoisotopic (exact) mass is 282 g/mol. The predicted octanol–water partition coefficient (Wildman–Crippen LogP) is 1.20. The summed E-state index contributed by atoms with van der Waals surface area (Å²) in [5.41, 5.74) is 0.931. The molecule has 1 saturated heterocycles. The van der Waals surface area contributed by atoms with Crippen molar-refractivity contribution in [3.63, 3.8) is 0 Å². The molecule has 0 radical (unpaired) electrons. The van der Waals surface area contributed by atoms with Crippen LogP contribution in [0.2, 0.25) is 5.02 Å². The van der Waals surface area contributed by atoms with E-state index in [1.54, 1.807) is 19.2 Å². The zero-order chi connectivity index (χ0) is 14.0. The average Bonchev–Trinajstić information content (AvgIpc) is 2.64. The van der Waals surface area contributed by atoms with Gasteiger partial charge in [0.05, 0.1) is 24.6 Å². The lowest BCUT2D eigenvalue weighted by molar-refractivity contribution is -0.137. The molecular formula is C13H15ClN2O3. The van der Waals surface area contributed by atoms with Gasteiger partial charge in [0.15, 0.2) is 0 Å². The second kappa shape index (κ2) is 5.59. The topological polar surface area (TPSA) is 58.6 Å². The quantitative estimate of drug-likeness (QED) is 0.843. The molecule has 1 aliphatic rings. The molecular weight excluding hydrogens is 268 g/mol. The van der Waals surface area contributed by atoms with Gasteiger partial charge in [-0.3, -0.25) is 14.5 Å². The van der Waals surface area contributed by atoms with Crippen molar-refractivity contribution >= 4 is 23.4 Å². The molecule has 1 fully saturated rings. The van der Waals surface area contributed by atoms with E-state index in [1.165, 1.54) is 7.05 Å². The number of imide groups is 1. The van der Waals surface area contributed by atoms with Gasteiger partial charge >= 0.3 is 0 Å². The summed E-state index contributed by atoms with van der Waals surface area (Å²) < 4.78 is 5.07. The fraction of sp³-hybridized carbons (Fsp3) is 0.385. The number of likely N-dealkylation sites (tertiary alicyclic amines) is 1. The zero-order valence-electron chi connectivity index (χ0n) is 10.8. The van der Waals surface area contributed by atoms with E-state index in [0.717, 1.165) is 10.5 Å². The van der Waals surface area contributed by atoms with Gasteiger partial charge in [-0.05, 0) is 17.7 Å². The Morgan fingerprint density at radius 3 is 2.74 bits per heavy atom. The van der Waals surface area contributed by atoms with E-state index in [4.69, 9.17) is 16.3 Å². The van der Waals surface area contributed by atoms with Crippen LogP contribution < -0.4 is 10.1 Å². The van der Waals surface area contributed by atoms with E-state index in [9.17, 15) is 9.59 Å². The number of benzene rings is 1. The molecule has 2 amide bonds. The summed E-state index contributed by atoms with van der Waals surface area (Å²) in [5.74, 6) is 0.261. The van der Waals surface area contributed by atoms with Gasteiger partial charge in [-0.1, -0.05) is 17.7 Å². The van der Waals surface area contributed by atoms with Crippen LogP contribution in [0, 0.1) is 0 Å².